The van der Waals surface area contributed by atoms with Crippen LogP contribution in [-0.2, 0) is 0 Å². The van der Waals surface area contributed by atoms with E-state index >= 15 is 0 Å². The van der Waals surface area contributed by atoms with Gasteiger partial charge in [-0.3, -0.25) is 0 Å². The van der Waals surface area contributed by atoms with Crippen molar-refractivity contribution in [3.05, 3.63) is 149 Å². The fourth-order valence-corrected chi connectivity index (χ4v) is 5.86. The molecule has 2 aromatic carbocycles. The lowest BCUT2D eigenvalue weighted by atomic mass is 9.84. The molecule has 0 N–H and O–H groups in total. The summed E-state index contributed by atoms with van der Waals surface area (Å²) in [6.45, 7) is 6.71. The highest BCUT2D eigenvalue weighted by atomic mass is 16.3. The molecular weight excluding hydrogens is 472 g/mol. The maximum absolute atomic E-state index is 6.37. The van der Waals surface area contributed by atoms with Gasteiger partial charge in [-0.2, -0.15) is 0 Å². The zero-order valence-electron chi connectivity index (χ0n) is 23.2. The molecule has 194 valence electrons. The number of furan rings is 1. The van der Waals surface area contributed by atoms with E-state index in [9.17, 15) is 0 Å². The predicted molar refractivity (Wildman–Crippen MR) is 167 cm³/mol. The van der Waals surface area contributed by atoms with Crippen molar-refractivity contribution in [3.63, 3.8) is 0 Å². The summed E-state index contributed by atoms with van der Waals surface area (Å²) >= 11 is 0. The molecule has 2 unspecified atom stereocenters. The highest BCUT2D eigenvalue weighted by molar-refractivity contribution is 6.08. The van der Waals surface area contributed by atoms with Gasteiger partial charge in [-0.25, -0.2) is 0 Å². The third kappa shape index (κ3) is 5.40. The summed E-state index contributed by atoms with van der Waals surface area (Å²) in [5.74, 6) is 1.02. The topological polar surface area (TPSA) is 13.1 Å². The molecule has 0 saturated heterocycles. The Morgan fingerprint density at radius 2 is 1.85 bits per heavy atom. The van der Waals surface area contributed by atoms with Gasteiger partial charge in [0.05, 0.1) is 0 Å². The minimum atomic E-state index is 0.399. The van der Waals surface area contributed by atoms with Crippen molar-refractivity contribution < 1.29 is 4.42 Å². The summed E-state index contributed by atoms with van der Waals surface area (Å²) in [6.07, 6.45) is 30.7. The molecule has 6 rings (SSSR count). The van der Waals surface area contributed by atoms with Crippen molar-refractivity contribution in [2.45, 2.75) is 40.0 Å². The first-order valence-corrected chi connectivity index (χ1v) is 14.2. The summed E-state index contributed by atoms with van der Waals surface area (Å²) < 4.78 is 6.37. The van der Waals surface area contributed by atoms with Crippen molar-refractivity contribution in [2.24, 2.45) is 11.8 Å². The van der Waals surface area contributed by atoms with E-state index in [1.165, 1.54) is 44.2 Å². The van der Waals surface area contributed by atoms with Crippen LogP contribution < -0.4 is 0 Å². The maximum Gasteiger partial charge on any atom is 0.143 e. The normalized spacial score (nSPS) is 22.0. The van der Waals surface area contributed by atoms with E-state index in [4.69, 9.17) is 4.42 Å². The van der Waals surface area contributed by atoms with Crippen LogP contribution in [0, 0.1) is 11.8 Å². The number of hydrogen-bond acceptors (Lipinski definition) is 1. The van der Waals surface area contributed by atoms with Crippen LogP contribution in [0.4, 0.5) is 0 Å². The fourth-order valence-electron chi connectivity index (χ4n) is 5.86. The third-order valence-electron chi connectivity index (χ3n) is 8.05. The fraction of sp³-hybridized carbons (Fsp3) is 0.211. The molecule has 1 heteroatoms. The molecule has 3 aliphatic rings. The molecule has 0 amide bonds. The lowest BCUT2D eigenvalue weighted by Crippen LogP contribution is -2.05. The van der Waals surface area contributed by atoms with Crippen LogP contribution in [0.5, 0.6) is 0 Å². The molecule has 3 aliphatic carbocycles. The summed E-state index contributed by atoms with van der Waals surface area (Å²) in [7, 11) is 0. The Morgan fingerprint density at radius 3 is 2.69 bits per heavy atom. The standard InChI is InChI=1S/C38H36O/c1-26-9-6-11-29(23-26)12-7-10-28(3)30-19-21-31(22-20-30)33-24-27(2)17-18-32(25-33)34-14-8-15-36-35-13-4-5-16-37(35)39-38(34)36/h4-8,10-21,23,25-26,31H,9,22,24H2,1-3H3/b12-7+,28-10+. The number of allylic oxidation sites excluding steroid dienone is 18. The highest BCUT2D eigenvalue weighted by Gasteiger charge is 2.19. The maximum atomic E-state index is 6.37. The Balaban J connectivity index is 1.24. The van der Waals surface area contributed by atoms with Gasteiger partial charge in [0.2, 0.25) is 0 Å². The minimum Gasteiger partial charge on any atom is -0.455 e. The summed E-state index contributed by atoms with van der Waals surface area (Å²) in [6, 6.07) is 14.8. The predicted octanol–water partition coefficient (Wildman–Crippen LogP) is 10.8. The van der Waals surface area contributed by atoms with Crippen LogP contribution >= 0.6 is 0 Å². The van der Waals surface area contributed by atoms with Gasteiger partial charge in [-0.15, -0.1) is 0 Å². The average molecular weight is 509 g/mol. The average Bonchev–Trinajstić information content (AvgIpc) is 3.22. The van der Waals surface area contributed by atoms with E-state index in [1.807, 2.05) is 6.07 Å². The van der Waals surface area contributed by atoms with Gasteiger partial charge in [0.15, 0.2) is 0 Å². The molecule has 3 aromatic rings. The molecule has 0 radical (unpaired) electrons. The van der Waals surface area contributed by atoms with Crippen LogP contribution in [0.15, 0.2) is 148 Å². The van der Waals surface area contributed by atoms with Gasteiger partial charge in [0.25, 0.3) is 0 Å². The van der Waals surface area contributed by atoms with E-state index in [1.54, 1.807) is 0 Å². The Bertz CT molecular complexity index is 1700. The molecule has 1 aromatic heterocycles. The van der Waals surface area contributed by atoms with Crippen molar-refractivity contribution in [1.29, 1.82) is 0 Å². The summed E-state index contributed by atoms with van der Waals surface area (Å²) in [5, 5.41) is 2.35. The first kappa shape index (κ1) is 25.2. The lowest BCUT2D eigenvalue weighted by molar-refractivity contribution is 0.667. The largest absolute Gasteiger partial charge is 0.455 e. The highest BCUT2D eigenvalue weighted by Crippen LogP contribution is 2.38. The SMILES string of the molecule is CC1=CC=C(c2cccc3c2oc2ccccc23)C=C(C2C=CC(/C(C)=C/C=C/C3=CC(C)CC=C3)=CC2)C1. The van der Waals surface area contributed by atoms with Gasteiger partial charge < -0.3 is 4.42 Å². The summed E-state index contributed by atoms with van der Waals surface area (Å²) in [4.78, 5) is 0. The molecule has 1 heterocycles. The second-order valence-electron chi connectivity index (χ2n) is 11.2. The quantitative estimate of drug-likeness (QED) is 0.312. The zero-order valence-corrected chi connectivity index (χ0v) is 23.2. The van der Waals surface area contributed by atoms with E-state index in [-0.39, 0.29) is 0 Å². The van der Waals surface area contributed by atoms with Gasteiger partial charge in [-0.1, -0.05) is 127 Å². The Morgan fingerprint density at radius 1 is 0.974 bits per heavy atom. The number of benzene rings is 2. The van der Waals surface area contributed by atoms with E-state index < -0.39 is 0 Å². The van der Waals surface area contributed by atoms with Crippen LogP contribution in [0.2, 0.25) is 0 Å². The summed E-state index contributed by atoms with van der Waals surface area (Å²) in [5.41, 5.74) is 11.1. The molecule has 0 saturated carbocycles. The Kier molecular flexibility index (Phi) is 7.07. The number of para-hydroxylation sites is 2. The van der Waals surface area contributed by atoms with Crippen molar-refractivity contribution in [2.75, 3.05) is 0 Å². The Labute approximate surface area is 232 Å². The van der Waals surface area contributed by atoms with Gasteiger partial charge in [0, 0.05) is 22.3 Å². The molecule has 0 fully saturated rings. The van der Waals surface area contributed by atoms with Crippen LogP contribution in [0.1, 0.15) is 45.6 Å². The second-order valence-corrected chi connectivity index (χ2v) is 11.2. The lowest BCUT2D eigenvalue weighted by Gasteiger charge is -2.20. The first-order valence-electron chi connectivity index (χ1n) is 14.2. The van der Waals surface area contributed by atoms with Gasteiger partial charge in [0.1, 0.15) is 11.2 Å². The number of fused-ring (bicyclic) bond motifs is 3. The molecule has 39 heavy (non-hydrogen) atoms. The smallest absolute Gasteiger partial charge is 0.143 e. The monoisotopic (exact) mass is 508 g/mol. The van der Waals surface area contributed by atoms with Crippen LogP contribution in [0.3, 0.4) is 0 Å². The third-order valence-corrected chi connectivity index (χ3v) is 8.05. The van der Waals surface area contributed by atoms with E-state index in [0.29, 0.717) is 11.8 Å². The molecule has 2 atom stereocenters. The Hall–Kier alpha value is -4.10. The van der Waals surface area contributed by atoms with Gasteiger partial charge in [-0.05, 0) is 67.4 Å². The van der Waals surface area contributed by atoms with Crippen LogP contribution in [-0.4, -0.2) is 0 Å². The van der Waals surface area contributed by atoms with Gasteiger partial charge >= 0.3 is 0 Å². The first-order chi connectivity index (χ1) is 19.0. The van der Waals surface area contributed by atoms with E-state index in [2.05, 4.69) is 130 Å². The zero-order chi connectivity index (χ0) is 26.8. The molecule has 1 nitrogen and oxygen atoms in total. The van der Waals surface area contributed by atoms with Crippen molar-refractivity contribution in [1.82, 2.24) is 0 Å². The van der Waals surface area contributed by atoms with E-state index in [0.717, 1.165) is 36.0 Å². The molecule has 0 spiro atoms. The molecule has 0 aliphatic heterocycles. The molecule has 0 bridgehead atoms. The van der Waals surface area contributed by atoms with Crippen molar-refractivity contribution in [3.8, 4) is 0 Å². The number of hydrogen-bond donors (Lipinski definition) is 0. The number of rotatable bonds is 5. The van der Waals surface area contributed by atoms with Crippen LogP contribution in [0.25, 0.3) is 27.5 Å². The molecular formula is C38H36O. The minimum absolute atomic E-state index is 0.399. The second kappa shape index (κ2) is 10.9. The van der Waals surface area contributed by atoms with Crippen molar-refractivity contribution >= 4 is 27.5 Å².